The van der Waals surface area contributed by atoms with E-state index in [1.807, 2.05) is 68.6 Å². The Kier molecular flexibility index (Phi) is 5.37. The van der Waals surface area contributed by atoms with E-state index in [9.17, 15) is 14.4 Å². The van der Waals surface area contributed by atoms with Gasteiger partial charge in [-0.3, -0.25) is 14.5 Å². The number of quaternary nitrogens is 1. The van der Waals surface area contributed by atoms with Crippen molar-refractivity contribution < 1.29 is 23.7 Å². The van der Waals surface area contributed by atoms with E-state index in [4.69, 9.17) is 4.42 Å². The predicted octanol–water partition coefficient (Wildman–Crippen LogP) is 1.96. The molecule has 3 aromatic rings. The molecule has 7 heteroatoms. The van der Waals surface area contributed by atoms with Crippen LogP contribution in [0.25, 0.3) is 11.0 Å². The van der Waals surface area contributed by atoms with Gasteiger partial charge in [-0.2, -0.15) is 0 Å². The number of imide groups is 2. The summed E-state index contributed by atoms with van der Waals surface area (Å²) in [5, 5.41) is 1.04. The van der Waals surface area contributed by atoms with Gasteiger partial charge in [-0.25, -0.2) is 9.69 Å². The molecule has 0 radical (unpaired) electrons. The van der Waals surface area contributed by atoms with Crippen LogP contribution >= 0.6 is 0 Å². The molecule has 1 aromatic heterocycles. The highest BCUT2D eigenvalue weighted by atomic mass is 16.3. The summed E-state index contributed by atoms with van der Waals surface area (Å²) in [6, 6.07) is 16.4. The molecule has 1 atom stereocenters. The second kappa shape index (κ2) is 8.12. The summed E-state index contributed by atoms with van der Waals surface area (Å²) in [5.41, 5.74) is 2.69. The molecule has 154 valence electrons. The van der Waals surface area contributed by atoms with Gasteiger partial charge in [0.2, 0.25) is 0 Å². The molecule has 1 aliphatic heterocycles. The molecule has 1 N–H and O–H groups in total. The van der Waals surface area contributed by atoms with Crippen LogP contribution in [0.3, 0.4) is 0 Å². The van der Waals surface area contributed by atoms with Crippen LogP contribution in [-0.4, -0.2) is 41.4 Å². The first kappa shape index (κ1) is 19.8. The molecule has 1 unspecified atom stereocenters. The van der Waals surface area contributed by atoms with Gasteiger partial charge in [-0.1, -0.05) is 55.5 Å². The van der Waals surface area contributed by atoms with Gasteiger partial charge in [-0.15, -0.1) is 0 Å². The number of hydrogen-bond donors (Lipinski definition) is 1. The van der Waals surface area contributed by atoms with Gasteiger partial charge in [0.25, 0.3) is 0 Å². The molecule has 1 aliphatic rings. The summed E-state index contributed by atoms with van der Waals surface area (Å²) >= 11 is 0. The van der Waals surface area contributed by atoms with Crippen molar-refractivity contribution in [1.29, 1.82) is 0 Å². The van der Waals surface area contributed by atoms with E-state index in [-0.39, 0.29) is 13.2 Å². The molecule has 4 amide bonds. The third-order valence-corrected chi connectivity index (χ3v) is 5.33. The van der Waals surface area contributed by atoms with Crippen molar-refractivity contribution in [3.63, 3.8) is 0 Å². The van der Waals surface area contributed by atoms with E-state index in [2.05, 4.69) is 0 Å². The van der Waals surface area contributed by atoms with Crippen molar-refractivity contribution >= 4 is 28.8 Å². The number of carbonyl (C=O) groups is 3. The van der Waals surface area contributed by atoms with Crippen LogP contribution in [0.4, 0.5) is 4.79 Å². The minimum atomic E-state index is -0.778. The molecule has 1 saturated heterocycles. The van der Waals surface area contributed by atoms with E-state index in [1.165, 1.54) is 0 Å². The van der Waals surface area contributed by atoms with Gasteiger partial charge < -0.3 is 9.32 Å². The number of rotatable bonds is 7. The molecular weight excluding hydrogens is 382 g/mol. The smallest absolute Gasteiger partial charge is 0.339 e. The monoisotopic (exact) mass is 406 g/mol. The van der Waals surface area contributed by atoms with Crippen molar-refractivity contribution in [2.24, 2.45) is 0 Å². The summed E-state index contributed by atoms with van der Waals surface area (Å²) in [7, 11) is 1.89. The number of nitrogens with one attached hydrogen (secondary N) is 1. The maximum absolute atomic E-state index is 12.8. The highest BCUT2D eigenvalue weighted by Crippen LogP contribution is 2.25. The van der Waals surface area contributed by atoms with Crippen molar-refractivity contribution in [2.45, 2.75) is 26.4 Å². The second-order valence-corrected chi connectivity index (χ2v) is 7.54. The lowest BCUT2D eigenvalue weighted by Crippen LogP contribution is -3.09. The van der Waals surface area contributed by atoms with Crippen LogP contribution in [0.1, 0.15) is 23.8 Å². The van der Waals surface area contributed by atoms with E-state index in [0.29, 0.717) is 6.54 Å². The number of fused-ring (bicyclic) bond motifs is 1. The van der Waals surface area contributed by atoms with Gasteiger partial charge in [0.1, 0.15) is 17.9 Å². The summed E-state index contributed by atoms with van der Waals surface area (Å²) in [6.07, 6.45) is 0.752. The highest BCUT2D eigenvalue weighted by molar-refractivity contribution is 6.44. The quantitative estimate of drug-likeness (QED) is 0.481. The largest absolute Gasteiger partial charge is 0.461 e. The van der Waals surface area contributed by atoms with E-state index < -0.39 is 17.8 Å². The number of urea groups is 1. The Labute approximate surface area is 174 Å². The number of para-hydroxylation sites is 1. The van der Waals surface area contributed by atoms with Crippen LogP contribution in [-0.2, 0) is 29.1 Å². The maximum atomic E-state index is 12.8. The third kappa shape index (κ3) is 3.59. The van der Waals surface area contributed by atoms with Crippen LogP contribution in [0.2, 0.25) is 0 Å². The number of aryl methyl sites for hydroxylation is 1. The molecule has 1 fully saturated rings. The number of furan rings is 1. The molecule has 0 bridgehead atoms. The number of carbonyl (C=O) groups excluding carboxylic acids is 3. The fourth-order valence-corrected chi connectivity index (χ4v) is 3.85. The van der Waals surface area contributed by atoms with E-state index in [1.54, 1.807) is 0 Å². The summed E-state index contributed by atoms with van der Waals surface area (Å²) in [6.45, 7) is 2.80. The fourth-order valence-electron chi connectivity index (χ4n) is 3.85. The molecule has 30 heavy (non-hydrogen) atoms. The van der Waals surface area contributed by atoms with Gasteiger partial charge in [0, 0.05) is 11.8 Å². The zero-order chi connectivity index (χ0) is 21.3. The lowest BCUT2D eigenvalue weighted by Gasteiger charge is -2.20. The SMILES string of the molecule is CCc1oc2ccccc2c1C[NH+](C)CN1C(=O)C(=O)N(Cc2ccccc2)C1=O. The zero-order valence-electron chi connectivity index (χ0n) is 17.1. The molecule has 4 rings (SSSR count). The number of nitrogens with zero attached hydrogens (tertiary/aromatic N) is 2. The molecule has 2 aromatic carbocycles. The number of benzene rings is 2. The highest BCUT2D eigenvalue weighted by Gasteiger charge is 2.45. The first-order valence-electron chi connectivity index (χ1n) is 10.0. The van der Waals surface area contributed by atoms with Gasteiger partial charge >= 0.3 is 17.8 Å². The Hall–Kier alpha value is -3.45. The summed E-state index contributed by atoms with van der Waals surface area (Å²) < 4.78 is 5.94. The van der Waals surface area contributed by atoms with E-state index in [0.717, 1.165) is 49.0 Å². The Bertz CT molecular complexity index is 1110. The van der Waals surface area contributed by atoms with E-state index >= 15 is 0 Å². The Morgan fingerprint density at radius 3 is 2.30 bits per heavy atom. The predicted molar refractivity (Wildman–Crippen MR) is 110 cm³/mol. The fraction of sp³-hybridized carbons (Fsp3) is 0.261. The second-order valence-electron chi connectivity index (χ2n) is 7.54. The molecule has 0 aliphatic carbocycles. The van der Waals surface area contributed by atoms with Crippen LogP contribution in [0.15, 0.2) is 59.0 Å². The third-order valence-electron chi connectivity index (χ3n) is 5.33. The van der Waals surface area contributed by atoms with Gasteiger partial charge in [0.05, 0.1) is 19.2 Å². The average Bonchev–Trinajstić information content (AvgIpc) is 3.20. The van der Waals surface area contributed by atoms with Crippen LogP contribution in [0, 0.1) is 0 Å². The normalized spacial score (nSPS) is 15.5. The average molecular weight is 406 g/mol. The Balaban J connectivity index is 1.49. The standard InChI is InChI=1S/C23H23N3O4/c1-3-19-18(17-11-7-8-12-20(17)30-19)14-24(2)15-26-22(28)21(27)25(23(26)29)13-16-9-5-4-6-10-16/h4-12H,3,13-15H2,1-2H3/p+1. The van der Waals surface area contributed by atoms with Crippen LogP contribution in [0.5, 0.6) is 0 Å². The maximum Gasteiger partial charge on any atom is 0.339 e. The van der Waals surface area contributed by atoms with Crippen molar-refractivity contribution in [3.05, 3.63) is 71.5 Å². The topological polar surface area (TPSA) is 75.3 Å². The van der Waals surface area contributed by atoms with Crippen molar-refractivity contribution in [1.82, 2.24) is 9.80 Å². The minimum absolute atomic E-state index is 0.0894. The number of hydrogen-bond acceptors (Lipinski definition) is 4. The molecule has 0 saturated carbocycles. The summed E-state index contributed by atoms with van der Waals surface area (Å²) in [5.74, 6) is -0.654. The first-order valence-corrected chi connectivity index (χ1v) is 10.0. The first-order chi connectivity index (χ1) is 14.5. The Morgan fingerprint density at radius 2 is 1.57 bits per heavy atom. The molecular formula is C23H24N3O4+. The summed E-state index contributed by atoms with van der Waals surface area (Å²) in [4.78, 5) is 40.6. The zero-order valence-corrected chi connectivity index (χ0v) is 17.1. The molecule has 7 nitrogen and oxygen atoms in total. The lowest BCUT2D eigenvalue weighted by molar-refractivity contribution is -0.901. The Morgan fingerprint density at radius 1 is 0.900 bits per heavy atom. The molecule has 2 heterocycles. The van der Waals surface area contributed by atoms with Crippen LogP contribution < -0.4 is 4.90 Å². The van der Waals surface area contributed by atoms with Gasteiger partial charge in [-0.05, 0) is 11.6 Å². The lowest BCUT2D eigenvalue weighted by atomic mass is 10.1. The minimum Gasteiger partial charge on any atom is -0.461 e. The van der Waals surface area contributed by atoms with Crippen molar-refractivity contribution in [2.75, 3.05) is 13.7 Å². The van der Waals surface area contributed by atoms with Gasteiger partial charge in [0.15, 0.2) is 6.67 Å². The van der Waals surface area contributed by atoms with Crippen molar-refractivity contribution in [3.8, 4) is 0 Å². The number of amides is 4. The molecule has 0 spiro atoms.